The maximum Gasteiger partial charge on any atom is 0.161 e. The van der Waals surface area contributed by atoms with E-state index in [0.29, 0.717) is 5.75 Å². The van der Waals surface area contributed by atoms with Gasteiger partial charge in [0.25, 0.3) is 0 Å². The van der Waals surface area contributed by atoms with E-state index in [1.54, 1.807) is 24.3 Å². The number of phenols is 1. The first-order valence-corrected chi connectivity index (χ1v) is 4.82. The van der Waals surface area contributed by atoms with E-state index in [1.165, 1.54) is 7.11 Å². The molecule has 3 nitrogen and oxygen atoms in total. The van der Waals surface area contributed by atoms with Crippen LogP contribution in [0.1, 0.15) is 5.56 Å². The van der Waals surface area contributed by atoms with Crippen molar-refractivity contribution in [2.24, 2.45) is 0 Å². The molecule has 0 aliphatic heterocycles. The van der Waals surface area contributed by atoms with Crippen LogP contribution in [0.4, 0.5) is 0 Å². The van der Waals surface area contributed by atoms with Gasteiger partial charge in [0.2, 0.25) is 0 Å². The summed E-state index contributed by atoms with van der Waals surface area (Å²) in [5.41, 5.74) is 0.841. The summed E-state index contributed by atoms with van der Waals surface area (Å²) in [6.45, 7) is -0.0182. The summed E-state index contributed by atoms with van der Waals surface area (Å²) < 4.78 is 5.70. The van der Waals surface area contributed by atoms with Crippen molar-refractivity contribution in [3.8, 4) is 11.5 Å². The normalized spacial score (nSPS) is 10.8. The van der Waals surface area contributed by atoms with Crippen molar-refractivity contribution in [3.05, 3.63) is 28.2 Å². The van der Waals surface area contributed by atoms with E-state index in [9.17, 15) is 5.11 Å². The molecule has 1 aromatic rings. The minimum atomic E-state index is -0.0182. The molecule has 0 saturated carbocycles. The number of ether oxygens (including phenoxy) is 1. The Morgan fingerprint density at radius 2 is 2.21 bits per heavy atom. The van der Waals surface area contributed by atoms with E-state index in [1.807, 2.05) is 0 Å². The zero-order valence-electron chi connectivity index (χ0n) is 7.70. The molecule has 76 valence electrons. The number of phenolic OH excluding ortho intramolecular Hbond substituents is 1. The summed E-state index contributed by atoms with van der Waals surface area (Å²) in [4.78, 5) is 0. The predicted molar refractivity (Wildman–Crippen MR) is 58.5 cm³/mol. The Morgan fingerprint density at radius 1 is 1.50 bits per heavy atom. The molecule has 0 fully saturated rings. The average Bonchev–Trinajstić information content (AvgIpc) is 2.17. The van der Waals surface area contributed by atoms with Crippen molar-refractivity contribution >= 4 is 22.0 Å². The van der Waals surface area contributed by atoms with Crippen LogP contribution in [0.2, 0.25) is 0 Å². The SMILES string of the molecule is COc1cc(/C=C/CO)c(Br)cc1O. The lowest BCUT2D eigenvalue weighted by molar-refractivity contribution is 0.343. The number of aliphatic hydroxyl groups is 1. The van der Waals surface area contributed by atoms with Crippen LogP contribution in [0.3, 0.4) is 0 Å². The van der Waals surface area contributed by atoms with Gasteiger partial charge in [-0.1, -0.05) is 28.1 Å². The van der Waals surface area contributed by atoms with Gasteiger partial charge in [0.15, 0.2) is 11.5 Å². The summed E-state index contributed by atoms with van der Waals surface area (Å²) in [6, 6.07) is 3.24. The van der Waals surface area contributed by atoms with E-state index < -0.39 is 0 Å². The molecule has 1 aromatic carbocycles. The maximum absolute atomic E-state index is 9.41. The molecule has 0 aliphatic carbocycles. The zero-order valence-corrected chi connectivity index (χ0v) is 9.28. The number of aromatic hydroxyl groups is 1. The highest BCUT2D eigenvalue weighted by Gasteiger charge is 2.05. The highest BCUT2D eigenvalue weighted by atomic mass is 79.9. The third-order valence-corrected chi connectivity index (χ3v) is 2.39. The molecule has 0 atom stereocenters. The molecule has 0 unspecified atom stereocenters. The first-order chi connectivity index (χ1) is 6.69. The number of halogens is 1. The van der Waals surface area contributed by atoms with Crippen LogP contribution in [0.5, 0.6) is 11.5 Å². The quantitative estimate of drug-likeness (QED) is 0.874. The van der Waals surface area contributed by atoms with E-state index in [0.717, 1.165) is 10.0 Å². The Balaban J connectivity index is 3.10. The third-order valence-electron chi connectivity index (χ3n) is 1.70. The molecule has 4 heteroatoms. The van der Waals surface area contributed by atoms with Gasteiger partial charge in [-0.25, -0.2) is 0 Å². The lowest BCUT2D eigenvalue weighted by atomic mass is 10.2. The van der Waals surface area contributed by atoms with Crippen molar-refractivity contribution < 1.29 is 14.9 Å². The van der Waals surface area contributed by atoms with Gasteiger partial charge < -0.3 is 14.9 Å². The Bertz CT molecular complexity index is 347. The van der Waals surface area contributed by atoms with E-state index >= 15 is 0 Å². The van der Waals surface area contributed by atoms with Crippen LogP contribution in [0.25, 0.3) is 6.08 Å². The minimum Gasteiger partial charge on any atom is -0.504 e. The molecule has 14 heavy (non-hydrogen) atoms. The van der Waals surface area contributed by atoms with Gasteiger partial charge in [-0.2, -0.15) is 0 Å². The average molecular weight is 259 g/mol. The van der Waals surface area contributed by atoms with Crippen LogP contribution >= 0.6 is 15.9 Å². The van der Waals surface area contributed by atoms with Crippen molar-refractivity contribution in [2.45, 2.75) is 0 Å². The van der Waals surface area contributed by atoms with Gasteiger partial charge in [0, 0.05) is 4.47 Å². The molecule has 0 bridgehead atoms. The second kappa shape index (κ2) is 5.02. The van der Waals surface area contributed by atoms with Gasteiger partial charge in [-0.3, -0.25) is 0 Å². The number of hydrogen-bond acceptors (Lipinski definition) is 3. The molecule has 0 spiro atoms. The van der Waals surface area contributed by atoms with Crippen LogP contribution in [-0.4, -0.2) is 23.9 Å². The number of rotatable bonds is 3. The van der Waals surface area contributed by atoms with Gasteiger partial charge in [0.05, 0.1) is 13.7 Å². The zero-order chi connectivity index (χ0) is 10.6. The molecule has 0 saturated heterocycles. The van der Waals surface area contributed by atoms with E-state index in [4.69, 9.17) is 9.84 Å². The highest BCUT2D eigenvalue weighted by Crippen LogP contribution is 2.32. The smallest absolute Gasteiger partial charge is 0.161 e. The molecular weight excluding hydrogens is 248 g/mol. The highest BCUT2D eigenvalue weighted by molar-refractivity contribution is 9.10. The Hall–Kier alpha value is -1.00. The monoisotopic (exact) mass is 258 g/mol. The molecule has 0 aliphatic rings. The number of aliphatic hydroxyl groups excluding tert-OH is 1. The third kappa shape index (κ3) is 2.49. The molecule has 0 radical (unpaired) electrons. The molecular formula is C10H11BrO3. The molecule has 0 aromatic heterocycles. The fourth-order valence-electron chi connectivity index (χ4n) is 1.03. The van der Waals surface area contributed by atoms with E-state index in [2.05, 4.69) is 15.9 Å². The van der Waals surface area contributed by atoms with Crippen molar-refractivity contribution in [2.75, 3.05) is 13.7 Å². The molecule has 0 amide bonds. The summed E-state index contributed by atoms with van der Waals surface area (Å²) in [7, 11) is 1.49. The number of methoxy groups -OCH3 is 1. The summed E-state index contributed by atoms with van der Waals surface area (Å²) in [5.74, 6) is 0.492. The largest absolute Gasteiger partial charge is 0.504 e. The standard InChI is InChI=1S/C10H11BrO3/c1-14-10-5-7(3-2-4-12)8(11)6-9(10)13/h2-3,5-6,12-13H,4H2,1H3/b3-2+. The Kier molecular flexibility index (Phi) is 3.98. The lowest BCUT2D eigenvalue weighted by Crippen LogP contribution is -1.86. The lowest BCUT2D eigenvalue weighted by Gasteiger charge is -2.06. The van der Waals surface area contributed by atoms with Crippen molar-refractivity contribution in [1.29, 1.82) is 0 Å². The minimum absolute atomic E-state index is 0.0182. The summed E-state index contributed by atoms with van der Waals surface area (Å²) in [6.07, 6.45) is 3.35. The topological polar surface area (TPSA) is 49.7 Å². The molecule has 0 heterocycles. The number of hydrogen-bond donors (Lipinski definition) is 2. The van der Waals surface area contributed by atoms with Crippen molar-refractivity contribution in [1.82, 2.24) is 0 Å². The van der Waals surface area contributed by atoms with Crippen LogP contribution in [0.15, 0.2) is 22.7 Å². The fraction of sp³-hybridized carbons (Fsp3) is 0.200. The molecule has 2 N–H and O–H groups in total. The summed E-state index contributed by atoms with van der Waals surface area (Å²) >= 11 is 3.29. The fourth-order valence-corrected chi connectivity index (χ4v) is 1.49. The van der Waals surface area contributed by atoms with Crippen molar-refractivity contribution in [3.63, 3.8) is 0 Å². The van der Waals surface area contributed by atoms with Gasteiger partial charge >= 0.3 is 0 Å². The second-order valence-electron chi connectivity index (χ2n) is 2.63. The van der Waals surface area contributed by atoms with Crippen LogP contribution < -0.4 is 4.74 Å². The first-order valence-electron chi connectivity index (χ1n) is 4.03. The summed E-state index contributed by atoms with van der Waals surface area (Å²) in [5, 5.41) is 18.0. The van der Waals surface area contributed by atoms with Crippen LogP contribution in [0, 0.1) is 0 Å². The van der Waals surface area contributed by atoms with Gasteiger partial charge in [0.1, 0.15) is 0 Å². The predicted octanol–water partition coefficient (Wildman–Crippen LogP) is 2.17. The maximum atomic E-state index is 9.41. The van der Waals surface area contributed by atoms with Gasteiger partial charge in [-0.15, -0.1) is 0 Å². The van der Waals surface area contributed by atoms with Gasteiger partial charge in [-0.05, 0) is 17.7 Å². The first kappa shape index (κ1) is 11.1. The second-order valence-corrected chi connectivity index (χ2v) is 3.48. The van der Waals surface area contributed by atoms with E-state index in [-0.39, 0.29) is 12.4 Å². The number of benzene rings is 1. The Labute approximate surface area is 90.8 Å². The Morgan fingerprint density at radius 3 is 2.79 bits per heavy atom. The molecule has 1 rings (SSSR count). The van der Waals surface area contributed by atoms with Crippen LogP contribution in [-0.2, 0) is 0 Å².